The van der Waals surface area contributed by atoms with E-state index in [1.807, 2.05) is 0 Å². The molecule has 0 bridgehead atoms. The van der Waals surface area contributed by atoms with Crippen LogP contribution >= 0.6 is 0 Å². The number of carboxylic acid groups (broad SMARTS) is 1. The van der Waals surface area contributed by atoms with E-state index < -0.39 is 28.8 Å². The third kappa shape index (κ3) is 9.43. The summed E-state index contributed by atoms with van der Waals surface area (Å²) >= 11 is 0. The zero-order valence-corrected chi connectivity index (χ0v) is 12.3. The van der Waals surface area contributed by atoms with E-state index in [1.165, 1.54) is 7.11 Å². The predicted octanol–water partition coefficient (Wildman–Crippen LogP) is -0.0676. The quantitative estimate of drug-likeness (QED) is 0.516. The van der Waals surface area contributed by atoms with Crippen molar-refractivity contribution in [3.8, 4) is 0 Å². The fourth-order valence-corrected chi connectivity index (χ4v) is 2.29. The number of ether oxygens (including phenoxy) is 1. The molecule has 3 atom stereocenters. The fourth-order valence-electron chi connectivity index (χ4n) is 1.51. The van der Waals surface area contributed by atoms with Crippen LogP contribution in [-0.2, 0) is 20.3 Å². The van der Waals surface area contributed by atoms with Crippen LogP contribution in [0.5, 0.6) is 0 Å². The minimum absolute atomic E-state index is 0.278. The van der Waals surface area contributed by atoms with Crippen molar-refractivity contribution in [3.63, 3.8) is 0 Å². The lowest BCUT2D eigenvalue weighted by molar-refractivity contribution is -0.139. The predicted molar refractivity (Wildman–Crippen MR) is 72.6 cm³/mol. The number of methoxy groups -OCH3 is 1. The lowest BCUT2D eigenvalue weighted by Gasteiger charge is -2.17. The molecule has 0 radical (unpaired) electrons. The van der Waals surface area contributed by atoms with E-state index in [0.29, 0.717) is 25.2 Å². The van der Waals surface area contributed by atoms with E-state index in [9.17, 15) is 13.8 Å². The third-order valence-corrected chi connectivity index (χ3v) is 3.28. The molecule has 8 heteroatoms. The van der Waals surface area contributed by atoms with E-state index in [2.05, 4.69) is 10.6 Å². The Morgan fingerprint density at radius 3 is 2.47 bits per heavy atom. The highest BCUT2D eigenvalue weighted by Gasteiger charge is 2.20. The molecule has 0 spiro atoms. The average Bonchev–Trinajstić information content (AvgIpc) is 2.26. The fraction of sp³-hybridized carbons (Fsp3) is 0.818. The first-order chi connectivity index (χ1) is 8.86. The number of rotatable bonds is 9. The van der Waals surface area contributed by atoms with Crippen LogP contribution in [0.4, 0.5) is 4.79 Å². The second-order valence-electron chi connectivity index (χ2n) is 4.28. The number of amides is 2. The monoisotopic (exact) mass is 294 g/mol. The van der Waals surface area contributed by atoms with Gasteiger partial charge in [0.25, 0.3) is 0 Å². The molecular weight excluding hydrogens is 272 g/mol. The van der Waals surface area contributed by atoms with Crippen LogP contribution in [0.15, 0.2) is 0 Å². The minimum atomic E-state index is -1.09. The topological polar surface area (TPSA) is 105 Å². The molecule has 0 saturated carbocycles. The number of carboxylic acids is 1. The van der Waals surface area contributed by atoms with Gasteiger partial charge in [0.2, 0.25) is 0 Å². The largest absolute Gasteiger partial charge is 0.480 e. The Morgan fingerprint density at radius 2 is 2.00 bits per heavy atom. The summed E-state index contributed by atoms with van der Waals surface area (Å²) in [5.41, 5.74) is 0. The third-order valence-electron chi connectivity index (χ3n) is 2.31. The Balaban J connectivity index is 4.16. The molecule has 0 saturated heterocycles. The minimum Gasteiger partial charge on any atom is -0.480 e. The van der Waals surface area contributed by atoms with Gasteiger partial charge in [0.1, 0.15) is 6.04 Å². The summed E-state index contributed by atoms with van der Waals surface area (Å²) in [6, 6.07) is -1.79. The molecule has 112 valence electrons. The van der Waals surface area contributed by atoms with Crippen molar-refractivity contribution in [2.24, 2.45) is 0 Å². The molecular formula is C11H22N2O5S. The molecule has 0 aromatic heterocycles. The van der Waals surface area contributed by atoms with Crippen LogP contribution in [-0.4, -0.2) is 59.1 Å². The molecule has 0 aliphatic rings. The van der Waals surface area contributed by atoms with Crippen molar-refractivity contribution in [3.05, 3.63) is 0 Å². The van der Waals surface area contributed by atoms with Gasteiger partial charge in [-0.25, -0.2) is 9.59 Å². The first-order valence-corrected chi connectivity index (χ1v) is 7.68. The van der Waals surface area contributed by atoms with Crippen molar-refractivity contribution in [2.75, 3.05) is 25.7 Å². The standard InChI is InChI=1S/C11H22N2O5S/c1-8(7-19(3)17)12-11(16)13-9(10(14)15)5-4-6-18-2/h8-9H,4-7H2,1-3H3,(H,14,15)(H2,12,13,16). The van der Waals surface area contributed by atoms with E-state index >= 15 is 0 Å². The molecule has 0 rings (SSSR count). The Labute approximate surface area is 115 Å². The molecule has 0 aliphatic heterocycles. The van der Waals surface area contributed by atoms with Crippen LogP contribution in [0.1, 0.15) is 19.8 Å². The SMILES string of the molecule is COCCCC(NC(=O)NC(C)CS(C)=O)C(=O)O. The van der Waals surface area contributed by atoms with Crippen LogP contribution in [0.3, 0.4) is 0 Å². The van der Waals surface area contributed by atoms with Crippen molar-refractivity contribution in [1.82, 2.24) is 10.6 Å². The number of carbonyl (C=O) groups excluding carboxylic acids is 1. The van der Waals surface area contributed by atoms with Gasteiger partial charge in [0.15, 0.2) is 0 Å². The molecule has 3 N–H and O–H groups in total. The van der Waals surface area contributed by atoms with Gasteiger partial charge in [-0.3, -0.25) is 4.21 Å². The molecule has 2 amide bonds. The van der Waals surface area contributed by atoms with E-state index in [0.717, 1.165) is 0 Å². The maximum Gasteiger partial charge on any atom is 0.326 e. The zero-order valence-electron chi connectivity index (χ0n) is 11.5. The van der Waals surface area contributed by atoms with E-state index in [4.69, 9.17) is 9.84 Å². The van der Waals surface area contributed by atoms with Crippen molar-refractivity contribution in [2.45, 2.75) is 31.8 Å². The molecule has 19 heavy (non-hydrogen) atoms. The highest BCUT2D eigenvalue weighted by molar-refractivity contribution is 7.84. The second kappa shape index (κ2) is 9.74. The van der Waals surface area contributed by atoms with Gasteiger partial charge in [-0.05, 0) is 19.8 Å². The summed E-state index contributed by atoms with van der Waals surface area (Å²) in [4.78, 5) is 22.5. The Bertz CT molecular complexity index is 324. The first-order valence-electron chi connectivity index (χ1n) is 5.95. The Hall–Kier alpha value is -1.15. The Morgan fingerprint density at radius 1 is 1.37 bits per heavy atom. The van der Waals surface area contributed by atoms with Crippen LogP contribution in [0.25, 0.3) is 0 Å². The molecule has 0 aromatic carbocycles. The molecule has 0 fully saturated rings. The second-order valence-corrected chi connectivity index (χ2v) is 5.76. The van der Waals surface area contributed by atoms with Crippen molar-refractivity contribution >= 4 is 22.8 Å². The van der Waals surface area contributed by atoms with Crippen LogP contribution < -0.4 is 10.6 Å². The number of aliphatic carboxylic acids is 1. The Kier molecular flexibility index (Phi) is 9.15. The van der Waals surface area contributed by atoms with Gasteiger partial charge in [-0.15, -0.1) is 0 Å². The van der Waals surface area contributed by atoms with Gasteiger partial charge in [0.05, 0.1) is 0 Å². The zero-order chi connectivity index (χ0) is 14.8. The molecule has 0 aliphatic carbocycles. The smallest absolute Gasteiger partial charge is 0.326 e. The summed E-state index contributed by atoms with van der Waals surface area (Å²) in [7, 11) is 0.515. The number of nitrogens with one attached hydrogen (secondary N) is 2. The highest BCUT2D eigenvalue weighted by Crippen LogP contribution is 1.98. The normalized spacial score (nSPS) is 15.3. The van der Waals surface area contributed by atoms with Crippen molar-refractivity contribution in [1.29, 1.82) is 0 Å². The molecule has 0 aromatic rings. The number of hydrogen-bond donors (Lipinski definition) is 3. The maximum atomic E-state index is 11.6. The molecule has 7 nitrogen and oxygen atoms in total. The highest BCUT2D eigenvalue weighted by atomic mass is 32.2. The summed E-state index contributed by atoms with van der Waals surface area (Å²) < 4.78 is 15.8. The molecule has 3 unspecified atom stereocenters. The van der Waals surface area contributed by atoms with Crippen LogP contribution in [0.2, 0.25) is 0 Å². The average molecular weight is 294 g/mol. The summed E-state index contributed by atoms with van der Waals surface area (Å²) in [6.07, 6.45) is 2.38. The van der Waals surface area contributed by atoms with Gasteiger partial charge >= 0.3 is 12.0 Å². The lowest BCUT2D eigenvalue weighted by Crippen LogP contribution is -2.49. The number of carbonyl (C=O) groups is 2. The molecule has 0 heterocycles. The van der Waals surface area contributed by atoms with Gasteiger partial charge in [0, 0.05) is 42.6 Å². The van der Waals surface area contributed by atoms with E-state index in [-0.39, 0.29) is 6.04 Å². The summed E-state index contributed by atoms with van der Waals surface area (Å²) in [5, 5.41) is 13.9. The number of urea groups is 1. The maximum absolute atomic E-state index is 11.6. The summed E-state index contributed by atoms with van der Waals surface area (Å²) in [6.45, 7) is 2.15. The summed E-state index contributed by atoms with van der Waals surface area (Å²) in [5.74, 6) is -0.757. The van der Waals surface area contributed by atoms with Gasteiger partial charge in [-0.2, -0.15) is 0 Å². The number of hydrogen-bond acceptors (Lipinski definition) is 4. The first kappa shape index (κ1) is 17.8. The van der Waals surface area contributed by atoms with E-state index in [1.54, 1.807) is 13.2 Å². The van der Waals surface area contributed by atoms with Gasteiger partial charge < -0.3 is 20.5 Å². The lowest BCUT2D eigenvalue weighted by atomic mass is 10.1. The van der Waals surface area contributed by atoms with Crippen LogP contribution in [0, 0.1) is 0 Å². The van der Waals surface area contributed by atoms with Crippen molar-refractivity contribution < 1.29 is 23.6 Å². The van der Waals surface area contributed by atoms with Gasteiger partial charge in [-0.1, -0.05) is 0 Å².